The first-order chi connectivity index (χ1) is 37.0. The second kappa shape index (κ2) is 61.1. The number of carbonyl (C=O) groups excluding carboxylic acids is 3. The summed E-state index contributed by atoms with van der Waals surface area (Å²) in [7, 11) is 0. The molecule has 75 heavy (non-hydrogen) atoms. The molecule has 0 aliphatic carbocycles. The Balaban J connectivity index is 4.40. The van der Waals surface area contributed by atoms with Gasteiger partial charge in [0.2, 0.25) is 0 Å². The Kier molecular flexibility index (Phi) is 56.6. The van der Waals surface area contributed by atoms with Crippen LogP contribution in [-0.2, 0) is 28.6 Å². The van der Waals surface area contributed by atoms with Crippen LogP contribution in [0.5, 0.6) is 0 Å². The van der Waals surface area contributed by atoms with Crippen molar-refractivity contribution in [3.05, 3.63) is 182 Å². The molecule has 0 amide bonds. The fourth-order valence-electron chi connectivity index (χ4n) is 7.05. The van der Waals surface area contributed by atoms with E-state index in [4.69, 9.17) is 14.2 Å². The largest absolute Gasteiger partial charge is 0.462 e. The number of esters is 3. The van der Waals surface area contributed by atoms with E-state index in [2.05, 4.69) is 191 Å². The van der Waals surface area contributed by atoms with Crippen LogP contribution in [0, 0.1) is 0 Å². The van der Waals surface area contributed by atoms with Crippen molar-refractivity contribution in [3.8, 4) is 0 Å². The Labute approximate surface area is 459 Å². The number of ether oxygens (including phenoxy) is 3. The summed E-state index contributed by atoms with van der Waals surface area (Å²) in [6, 6.07) is 0. The average molecular weight is 1030 g/mol. The molecule has 0 saturated carbocycles. The Bertz CT molecular complexity index is 1800. The highest BCUT2D eigenvalue weighted by Gasteiger charge is 2.19. The summed E-state index contributed by atoms with van der Waals surface area (Å²) < 4.78 is 16.7. The molecule has 416 valence electrons. The van der Waals surface area contributed by atoms with E-state index in [9.17, 15) is 14.4 Å². The van der Waals surface area contributed by atoms with Crippen LogP contribution in [0.3, 0.4) is 0 Å². The van der Waals surface area contributed by atoms with Crippen LogP contribution in [-0.4, -0.2) is 37.2 Å². The Morgan fingerprint density at radius 2 is 0.547 bits per heavy atom. The summed E-state index contributed by atoms with van der Waals surface area (Å²) in [5.41, 5.74) is 0. The van der Waals surface area contributed by atoms with Crippen molar-refractivity contribution >= 4 is 17.9 Å². The van der Waals surface area contributed by atoms with Crippen LogP contribution in [0.4, 0.5) is 0 Å². The van der Waals surface area contributed by atoms with Gasteiger partial charge < -0.3 is 14.2 Å². The molecule has 0 aliphatic rings. The minimum Gasteiger partial charge on any atom is -0.462 e. The van der Waals surface area contributed by atoms with Crippen LogP contribution >= 0.6 is 0 Å². The van der Waals surface area contributed by atoms with Crippen molar-refractivity contribution < 1.29 is 28.6 Å². The molecule has 0 heterocycles. The van der Waals surface area contributed by atoms with Gasteiger partial charge in [-0.1, -0.05) is 235 Å². The van der Waals surface area contributed by atoms with Crippen molar-refractivity contribution in [1.29, 1.82) is 0 Å². The summed E-state index contributed by atoms with van der Waals surface area (Å²) in [5, 5.41) is 0. The molecule has 0 saturated heterocycles. The van der Waals surface area contributed by atoms with Gasteiger partial charge >= 0.3 is 17.9 Å². The van der Waals surface area contributed by atoms with E-state index in [1.165, 1.54) is 19.3 Å². The predicted molar refractivity (Wildman–Crippen MR) is 324 cm³/mol. The summed E-state index contributed by atoms with van der Waals surface area (Å²) in [4.78, 5) is 38.0. The monoisotopic (exact) mass is 1030 g/mol. The van der Waals surface area contributed by atoms with Gasteiger partial charge in [-0.2, -0.15) is 0 Å². The van der Waals surface area contributed by atoms with Gasteiger partial charge in [-0.15, -0.1) is 0 Å². The molecule has 0 aliphatic heterocycles. The van der Waals surface area contributed by atoms with Crippen molar-refractivity contribution in [1.82, 2.24) is 0 Å². The number of rotatable bonds is 50. The van der Waals surface area contributed by atoms with E-state index >= 15 is 0 Å². The lowest BCUT2D eigenvalue weighted by molar-refractivity contribution is -0.166. The summed E-state index contributed by atoms with van der Waals surface area (Å²) in [5.74, 6) is -1.09. The fourth-order valence-corrected chi connectivity index (χ4v) is 7.05. The second-order valence-corrected chi connectivity index (χ2v) is 18.4. The topological polar surface area (TPSA) is 78.9 Å². The molecule has 0 aromatic heterocycles. The highest BCUT2D eigenvalue weighted by Crippen LogP contribution is 2.11. The van der Waals surface area contributed by atoms with Crippen LogP contribution < -0.4 is 0 Å². The van der Waals surface area contributed by atoms with Gasteiger partial charge in [0.05, 0.1) is 0 Å². The molecule has 0 bridgehead atoms. The first-order valence-electron chi connectivity index (χ1n) is 29.3. The van der Waals surface area contributed by atoms with Gasteiger partial charge in [0.25, 0.3) is 0 Å². The molecule has 1 unspecified atom stereocenters. The number of hydrogen-bond donors (Lipinski definition) is 0. The van der Waals surface area contributed by atoms with Gasteiger partial charge in [0.1, 0.15) is 13.2 Å². The molecule has 6 heteroatoms. The molecule has 1 atom stereocenters. The van der Waals surface area contributed by atoms with E-state index in [0.717, 1.165) is 141 Å². The zero-order valence-electron chi connectivity index (χ0n) is 47.5. The lowest BCUT2D eigenvalue weighted by Gasteiger charge is -2.18. The standard InChI is InChI=1S/C69H104O6/c1-4-7-10-13-16-19-22-24-25-26-27-28-29-30-31-32-33-34-35-36-37-38-39-40-41-42-43-45-47-50-53-56-59-62-68(71)74-65-66(64-73-67(70)61-58-55-52-49-46-21-18-15-12-9-6-3)75-69(72)63-60-57-54-51-48-44-23-20-17-14-11-8-5-2/h7-8,10-11,15-20,24-25,27-28,30-31,33-34,36-37,39-40,42-44,47-48,50,54,57,66H,4-6,9,12-14,21-23,26,29,32,35,38,41,45-46,49,51-53,55-56,58-65H2,1-3H3/b10-7-,11-8-,18-15-,19-16-,20-17-,25-24-,28-27-,31-30-,34-33-,37-36-,40-39-,43-42-,48-44-,50-47-,57-54-. The molecule has 0 fully saturated rings. The lowest BCUT2D eigenvalue weighted by Crippen LogP contribution is -2.30. The Morgan fingerprint density at radius 3 is 0.907 bits per heavy atom. The van der Waals surface area contributed by atoms with E-state index < -0.39 is 12.1 Å². The summed E-state index contributed by atoms with van der Waals surface area (Å²) >= 11 is 0. The minimum absolute atomic E-state index is 0.134. The molecular formula is C69H104O6. The summed E-state index contributed by atoms with van der Waals surface area (Å²) in [6.07, 6.45) is 92.0. The van der Waals surface area contributed by atoms with E-state index in [0.29, 0.717) is 19.3 Å². The first kappa shape index (κ1) is 69.5. The highest BCUT2D eigenvalue weighted by molar-refractivity contribution is 5.71. The van der Waals surface area contributed by atoms with Gasteiger partial charge in [-0.05, 0) is 141 Å². The third kappa shape index (κ3) is 59.3. The van der Waals surface area contributed by atoms with Gasteiger partial charge in [-0.3, -0.25) is 14.4 Å². The molecule has 0 spiro atoms. The smallest absolute Gasteiger partial charge is 0.306 e. The predicted octanol–water partition coefficient (Wildman–Crippen LogP) is 20.1. The Hall–Kier alpha value is -5.49. The van der Waals surface area contributed by atoms with Crippen LogP contribution in [0.1, 0.15) is 213 Å². The van der Waals surface area contributed by atoms with Crippen molar-refractivity contribution in [2.45, 2.75) is 219 Å². The first-order valence-corrected chi connectivity index (χ1v) is 29.3. The molecule has 0 N–H and O–H groups in total. The summed E-state index contributed by atoms with van der Waals surface area (Å²) in [6.45, 7) is 6.23. The maximum absolute atomic E-state index is 12.8. The van der Waals surface area contributed by atoms with Gasteiger partial charge in [0, 0.05) is 19.3 Å². The van der Waals surface area contributed by atoms with Crippen molar-refractivity contribution in [3.63, 3.8) is 0 Å². The average Bonchev–Trinajstić information content (AvgIpc) is 3.41. The van der Waals surface area contributed by atoms with Gasteiger partial charge in [-0.25, -0.2) is 0 Å². The zero-order chi connectivity index (χ0) is 54.3. The third-order valence-electron chi connectivity index (χ3n) is 11.4. The maximum Gasteiger partial charge on any atom is 0.306 e. The van der Waals surface area contributed by atoms with E-state index in [-0.39, 0.29) is 38.0 Å². The molecule has 0 aromatic rings. The molecule has 6 nitrogen and oxygen atoms in total. The van der Waals surface area contributed by atoms with Crippen molar-refractivity contribution in [2.75, 3.05) is 13.2 Å². The Morgan fingerprint density at radius 1 is 0.280 bits per heavy atom. The lowest BCUT2D eigenvalue weighted by atomic mass is 10.1. The minimum atomic E-state index is -0.846. The maximum atomic E-state index is 12.8. The number of carbonyl (C=O) groups is 3. The van der Waals surface area contributed by atoms with Gasteiger partial charge in [0.15, 0.2) is 6.10 Å². The molecule has 0 rings (SSSR count). The number of hydrogen-bond acceptors (Lipinski definition) is 6. The van der Waals surface area contributed by atoms with E-state index in [1.54, 1.807) is 0 Å². The van der Waals surface area contributed by atoms with Crippen LogP contribution in [0.15, 0.2) is 182 Å². The van der Waals surface area contributed by atoms with Crippen LogP contribution in [0.2, 0.25) is 0 Å². The quantitative estimate of drug-likeness (QED) is 0.0261. The highest BCUT2D eigenvalue weighted by atomic mass is 16.6. The number of allylic oxidation sites excluding steroid dienone is 30. The molecular weight excluding hydrogens is 925 g/mol. The van der Waals surface area contributed by atoms with Crippen molar-refractivity contribution in [2.24, 2.45) is 0 Å². The zero-order valence-corrected chi connectivity index (χ0v) is 47.5. The SMILES string of the molecule is CC/C=C\C/C=C\C/C=C\C/C=C\C/C=C\C/C=C\C/C=C\C/C=C\C/C=C\C/C=C\CCCCC(=O)OCC(COC(=O)CCCCCCC/C=C\CCCC)OC(=O)CC/C=C\C/C=C\C/C=C\C/C=C\CC. The van der Waals surface area contributed by atoms with Crippen LogP contribution in [0.25, 0.3) is 0 Å². The van der Waals surface area contributed by atoms with E-state index in [1.807, 2.05) is 12.2 Å². The normalized spacial score (nSPS) is 13.5. The molecule has 0 aromatic carbocycles. The molecule has 0 radical (unpaired) electrons. The second-order valence-electron chi connectivity index (χ2n) is 18.4. The fraction of sp³-hybridized carbons (Fsp3) is 0.522. The third-order valence-corrected chi connectivity index (χ3v) is 11.4. The number of unbranched alkanes of at least 4 members (excludes halogenated alkanes) is 9.